The number of aliphatic hydroxyl groups is 1. The highest BCUT2D eigenvalue weighted by Gasteiger charge is 2.05. The molecule has 1 aromatic heterocycles. The highest BCUT2D eigenvalue weighted by atomic mass is 79.9. The van der Waals surface area contributed by atoms with Crippen LogP contribution in [0.3, 0.4) is 0 Å². The van der Waals surface area contributed by atoms with Crippen molar-refractivity contribution in [2.75, 3.05) is 0 Å². The van der Waals surface area contributed by atoms with Gasteiger partial charge in [0.05, 0.1) is 23.6 Å². The van der Waals surface area contributed by atoms with E-state index in [1.165, 1.54) is 6.20 Å². The van der Waals surface area contributed by atoms with Gasteiger partial charge in [-0.25, -0.2) is 5.43 Å². The molecular formula is C15H14BrN3O2. The van der Waals surface area contributed by atoms with E-state index in [0.717, 1.165) is 10.0 Å². The van der Waals surface area contributed by atoms with E-state index in [2.05, 4.69) is 31.4 Å². The van der Waals surface area contributed by atoms with E-state index in [1.54, 1.807) is 12.1 Å². The summed E-state index contributed by atoms with van der Waals surface area (Å²) in [5.74, 6) is -0.344. The fraction of sp³-hybridized carbons (Fsp3) is 0.133. The number of aromatic nitrogens is 1. The molecule has 2 aromatic rings. The van der Waals surface area contributed by atoms with E-state index >= 15 is 0 Å². The van der Waals surface area contributed by atoms with Crippen LogP contribution in [0.5, 0.6) is 0 Å². The molecule has 0 atom stereocenters. The minimum atomic E-state index is -0.344. The van der Waals surface area contributed by atoms with Gasteiger partial charge in [-0.05, 0) is 36.8 Å². The van der Waals surface area contributed by atoms with E-state index in [0.29, 0.717) is 17.0 Å². The Labute approximate surface area is 130 Å². The third-order valence-corrected chi connectivity index (χ3v) is 3.36. The number of hydrogen-bond donors (Lipinski definition) is 2. The molecular weight excluding hydrogens is 334 g/mol. The SMILES string of the molecule is C/C(=N/NC(=O)c1ccc(CO)nc1)c1ccc(Br)cc1. The number of nitrogens with zero attached hydrogens (tertiary/aromatic N) is 2. The largest absolute Gasteiger partial charge is 0.390 e. The molecule has 0 unspecified atom stereocenters. The van der Waals surface area contributed by atoms with Gasteiger partial charge in [0.1, 0.15) is 0 Å². The molecule has 0 fully saturated rings. The number of carbonyl (C=O) groups excluding carboxylic acids is 1. The molecule has 0 bridgehead atoms. The third kappa shape index (κ3) is 4.21. The van der Waals surface area contributed by atoms with Gasteiger partial charge in [-0.3, -0.25) is 9.78 Å². The van der Waals surface area contributed by atoms with Gasteiger partial charge in [-0.15, -0.1) is 0 Å². The van der Waals surface area contributed by atoms with Crippen LogP contribution < -0.4 is 5.43 Å². The van der Waals surface area contributed by atoms with Crippen LogP contribution in [0.2, 0.25) is 0 Å². The van der Waals surface area contributed by atoms with Crippen LogP contribution in [0.4, 0.5) is 0 Å². The number of amides is 1. The normalized spacial score (nSPS) is 11.3. The number of carbonyl (C=O) groups is 1. The maximum atomic E-state index is 11.9. The van der Waals surface area contributed by atoms with E-state index in [1.807, 2.05) is 31.2 Å². The first-order chi connectivity index (χ1) is 10.1. The quantitative estimate of drug-likeness (QED) is 0.659. The lowest BCUT2D eigenvalue weighted by molar-refractivity contribution is 0.0954. The molecule has 0 spiro atoms. The van der Waals surface area contributed by atoms with Crippen LogP contribution in [0, 0.1) is 0 Å². The summed E-state index contributed by atoms with van der Waals surface area (Å²) in [6.45, 7) is 1.67. The van der Waals surface area contributed by atoms with Gasteiger partial charge in [0.25, 0.3) is 5.91 Å². The Bertz CT molecular complexity index is 652. The van der Waals surface area contributed by atoms with E-state index in [-0.39, 0.29) is 12.5 Å². The molecule has 21 heavy (non-hydrogen) atoms. The summed E-state index contributed by atoms with van der Waals surface area (Å²) in [6.07, 6.45) is 1.41. The minimum Gasteiger partial charge on any atom is -0.390 e. The first-order valence-electron chi connectivity index (χ1n) is 6.26. The maximum absolute atomic E-state index is 11.9. The van der Waals surface area contributed by atoms with Crippen LogP contribution in [0.15, 0.2) is 52.2 Å². The summed E-state index contributed by atoms with van der Waals surface area (Å²) in [5.41, 5.74) is 5.02. The molecule has 0 radical (unpaired) electrons. The maximum Gasteiger partial charge on any atom is 0.272 e. The van der Waals surface area contributed by atoms with Crippen molar-refractivity contribution in [2.45, 2.75) is 13.5 Å². The predicted octanol–water partition coefficient (Wildman–Crippen LogP) is 2.49. The Balaban J connectivity index is 2.04. The average Bonchev–Trinajstić information content (AvgIpc) is 2.53. The Hall–Kier alpha value is -2.05. The van der Waals surface area contributed by atoms with Crippen LogP contribution in [0.25, 0.3) is 0 Å². The second-order valence-electron chi connectivity index (χ2n) is 4.34. The Morgan fingerprint density at radius 1 is 1.24 bits per heavy atom. The average molecular weight is 348 g/mol. The van der Waals surface area contributed by atoms with E-state index < -0.39 is 0 Å². The van der Waals surface area contributed by atoms with E-state index in [9.17, 15) is 4.79 Å². The van der Waals surface area contributed by atoms with Crippen molar-refractivity contribution in [3.05, 3.63) is 63.9 Å². The van der Waals surface area contributed by atoms with Crippen molar-refractivity contribution in [1.82, 2.24) is 10.4 Å². The standard InChI is InChI=1S/C15H14BrN3O2/c1-10(11-2-5-13(16)6-3-11)18-19-15(21)12-4-7-14(9-20)17-8-12/h2-8,20H,9H2,1H3,(H,19,21)/b18-10-. The molecule has 0 aliphatic rings. The number of rotatable bonds is 4. The lowest BCUT2D eigenvalue weighted by atomic mass is 10.1. The lowest BCUT2D eigenvalue weighted by Crippen LogP contribution is -2.19. The molecule has 0 saturated heterocycles. The zero-order valence-corrected chi connectivity index (χ0v) is 13.0. The predicted molar refractivity (Wildman–Crippen MR) is 84.0 cm³/mol. The molecule has 0 aliphatic heterocycles. The molecule has 108 valence electrons. The Kier molecular flexibility index (Phi) is 5.19. The van der Waals surface area contributed by atoms with Gasteiger partial charge < -0.3 is 5.11 Å². The van der Waals surface area contributed by atoms with Gasteiger partial charge in [-0.2, -0.15) is 5.10 Å². The van der Waals surface area contributed by atoms with Crippen LogP contribution >= 0.6 is 15.9 Å². The highest BCUT2D eigenvalue weighted by molar-refractivity contribution is 9.10. The zero-order valence-electron chi connectivity index (χ0n) is 11.4. The number of aliphatic hydroxyl groups excluding tert-OH is 1. The zero-order chi connectivity index (χ0) is 15.2. The number of pyridine rings is 1. The van der Waals surface area contributed by atoms with Crippen molar-refractivity contribution < 1.29 is 9.90 Å². The molecule has 1 amide bonds. The van der Waals surface area contributed by atoms with Gasteiger partial charge in [-0.1, -0.05) is 28.1 Å². The number of nitrogens with one attached hydrogen (secondary N) is 1. The van der Waals surface area contributed by atoms with Gasteiger partial charge >= 0.3 is 0 Å². The molecule has 1 aromatic carbocycles. The molecule has 1 heterocycles. The van der Waals surface area contributed by atoms with Crippen LogP contribution in [0.1, 0.15) is 28.5 Å². The highest BCUT2D eigenvalue weighted by Crippen LogP contribution is 2.11. The molecule has 0 aliphatic carbocycles. The second-order valence-corrected chi connectivity index (χ2v) is 5.26. The fourth-order valence-corrected chi connectivity index (χ4v) is 1.87. The molecule has 6 heteroatoms. The van der Waals surface area contributed by atoms with Crippen molar-refractivity contribution >= 4 is 27.5 Å². The Morgan fingerprint density at radius 2 is 1.90 bits per heavy atom. The summed E-state index contributed by atoms with van der Waals surface area (Å²) < 4.78 is 0.984. The second kappa shape index (κ2) is 7.10. The monoisotopic (exact) mass is 347 g/mol. The minimum absolute atomic E-state index is 0.150. The summed E-state index contributed by atoms with van der Waals surface area (Å²) in [6, 6.07) is 10.8. The first kappa shape index (κ1) is 15.3. The van der Waals surface area contributed by atoms with Crippen molar-refractivity contribution in [2.24, 2.45) is 5.10 Å². The fourth-order valence-electron chi connectivity index (χ4n) is 1.61. The Morgan fingerprint density at radius 3 is 2.48 bits per heavy atom. The lowest BCUT2D eigenvalue weighted by Gasteiger charge is -2.03. The van der Waals surface area contributed by atoms with Crippen molar-refractivity contribution in [3.63, 3.8) is 0 Å². The summed E-state index contributed by atoms with van der Waals surface area (Å²) in [7, 11) is 0. The smallest absolute Gasteiger partial charge is 0.272 e. The number of hydrazone groups is 1. The van der Waals surface area contributed by atoms with Crippen LogP contribution in [-0.2, 0) is 6.61 Å². The summed E-state index contributed by atoms with van der Waals surface area (Å²) in [4.78, 5) is 15.9. The molecule has 0 saturated carbocycles. The molecule has 2 N–H and O–H groups in total. The van der Waals surface area contributed by atoms with Gasteiger partial charge in [0, 0.05) is 10.7 Å². The molecule has 5 nitrogen and oxygen atoms in total. The summed E-state index contributed by atoms with van der Waals surface area (Å²) in [5, 5.41) is 13.0. The van der Waals surface area contributed by atoms with Crippen molar-refractivity contribution in [3.8, 4) is 0 Å². The van der Waals surface area contributed by atoms with Gasteiger partial charge in [0.15, 0.2) is 0 Å². The van der Waals surface area contributed by atoms with Crippen LogP contribution in [-0.4, -0.2) is 21.7 Å². The third-order valence-electron chi connectivity index (χ3n) is 2.84. The van der Waals surface area contributed by atoms with Crippen molar-refractivity contribution in [1.29, 1.82) is 0 Å². The number of halogens is 1. The number of benzene rings is 1. The van der Waals surface area contributed by atoms with Gasteiger partial charge in [0.2, 0.25) is 0 Å². The topological polar surface area (TPSA) is 74.6 Å². The van der Waals surface area contributed by atoms with E-state index in [4.69, 9.17) is 5.11 Å². The molecule has 2 rings (SSSR count). The first-order valence-corrected chi connectivity index (χ1v) is 7.06. The number of hydrogen-bond acceptors (Lipinski definition) is 4. The summed E-state index contributed by atoms with van der Waals surface area (Å²) >= 11 is 3.36.